The van der Waals surface area contributed by atoms with Gasteiger partial charge >= 0.3 is 0 Å². The maximum Gasteiger partial charge on any atom is 0.0652 e. The molecule has 0 aliphatic heterocycles. The van der Waals surface area contributed by atoms with Gasteiger partial charge in [0, 0.05) is 12.1 Å². The van der Waals surface area contributed by atoms with Gasteiger partial charge in [-0.1, -0.05) is 55.5 Å². The molecule has 0 amide bonds. The Labute approximate surface area is 97.1 Å². The first-order valence-electron chi connectivity index (χ1n) is 5.73. The highest BCUT2D eigenvalue weighted by atomic mass is 14.9. The maximum atomic E-state index is 4.60. The summed E-state index contributed by atoms with van der Waals surface area (Å²) in [5.74, 6) is 0. The van der Waals surface area contributed by atoms with Gasteiger partial charge in [-0.05, 0) is 18.1 Å². The van der Waals surface area contributed by atoms with Crippen LogP contribution in [0.5, 0.6) is 0 Å². The lowest BCUT2D eigenvalue weighted by molar-refractivity contribution is 0.806. The minimum absolute atomic E-state index is 0.893. The lowest BCUT2D eigenvalue weighted by Gasteiger charge is -2.08. The molecule has 2 aromatic carbocycles. The van der Waals surface area contributed by atoms with Crippen molar-refractivity contribution in [3.8, 4) is 11.1 Å². The second kappa shape index (κ2) is 5.36. The molecule has 1 radical (unpaired) electrons. The molecule has 0 N–H and O–H groups in total. The van der Waals surface area contributed by atoms with Gasteiger partial charge in [0.1, 0.15) is 0 Å². The average molecular weight is 210 g/mol. The average Bonchev–Trinajstić information content (AvgIpc) is 2.38. The number of nitrogens with zero attached hydrogens (tertiary/aromatic N) is 1. The van der Waals surface area contributed by atoms with Crippen LogP contribution in [0.1, 0.15) is 13.3 Å². The maximum absolute atomic E-state index is 4.60. The molecule has 0 unspecified atom stereocenters. The number of para-hydroxylation sites is 1. The monoisotopic (exact) mass is 210 g/mol. The third kappa shape index (κ3) is 2.43. The van der Waals surface area contributed by atoms with E-state index in [0.717, 1.165) is 18.7 Å². The van der Waals surface area contributed by atoms with E-state index in [1.165, 1.54) is 11.1 Å². The van der Waals surface area contributed by atoms with Crippen LogP contribution in [0.4, 0.5) is 5.69 Å². The van der Waals surface area contributed by atoms with Gasteiger partial charge in [-0.2, -0.15) is 0 Å². The molecule has 0 atom stereocenters. The fraction of sp³-hybridized carbons (Fsp3) is 0.200. The van der Waals surface area contributed by atoms with Crippen LogP contribution in [0.25, 0.3) is 11.1 Å². The summed E-state index contributed by atoms with van der Waals surface area (Å²) < 4.78 is 0. The van der Waals surface area contributed by atoms with Gasteiger partial charge in [0.2, 0.25) is 0 Å². The van der Waals surface area contributed by atoms with Crippen molar-refractivity contribution in [2.45, 2.75) is 13.3 Å². The Morgan fingerprint density at radius 2 is 1.56 bits per heavy atom. The second-order valence-electron chi connectivity index (χ2n) is 3.76. The highest BCUT2D eigenvalue weighted by Gasteiger charge is 2.03. The fourth-order valence-electron chi connectivity index (χ4n) is 1.71. The third-order valence-electron chi connectivity index (χ3n) is 2.49. The van der Waals surface area contributed by atoms with Crippen LogP contribution in [-0.4, -0.2) is 6.54 Å². The van der Waals surface area contributed by atoms with E-state index in [4.69, 9.17) is 0 Å². The van der Waals surface area contributed by atoms with Gasteiger partial charge in [0.15, 0.2) is 0 Å². The van der Waals surface area contributed by atoms with E-state index >= 15 is 0 Å². The zero-order valence-electron chi connectivity index (χ0n) is 9.56. The van der Waals surface area contributed by atoms with Gasteiger partial charge in [-0.3, -0.25) is 5.32 Å². The smallest absolute Gasteiger partial charge is 0.0652 e. The van der Waals surface area contributed by atoms with Crippen LogP contribution in [0, 0.1) is 0 Å². The Bertz CT molecular complexity index is 434. The molecule has 0 heterocycles. The van der Waals surface area contributed by atoms with Crippen molar-refractivity contribution >= 4 is 5.69 Å². The largest absolute Gasteiger partial charge is 0.285 e. The van der Waals surface area contributed by atoms with E-state index in [1.807, 2.05) is 12.1 Å². The molecule has 81 valence electrons. The summed E-state index contributed by atoms with van der Waals surface area (Å²) in [4.78, 5) is 0. The summed E-state index contributed by atoms with van der Waals surface area (Å²) in [7, 11) is 0. The van der Waals surface area contributed by atoms with E-state index in [1.54, 1.807) is 0 Å². The molecule has 0 aliphatic carbocycles. The fourth-order valence-corrected chi connectivity index (χ4v) is 1.71. The lowest BCUT2D eigenvalue weighted by Crippen LogP contribution is -1.99. The van der Waals surface area contributed by atoms with Crippen molar-refractivity contribution in [1.82, 2.24) is 5.32 Å². The van der Waals surface area contributed by atoms with Crippen LogP contribution in [0.15, 0.2) is 54.6 Å². The third-order valence-corrected chi connectivity index (χ3v) is 2.49. The summed E-state index contributed by atoms with van der Waals surface area (Å²) in [6.07, 6.45) is 1.09. The van der Waals surface area contributed by atoms with E-state index in [0.29, 0.717) is 0 Å². The predicted octanol–water partition coefficient (Wildman–Crippen LogP) is 4.00. The number of hydrogen-bond donors (Lipinski definition) is 0. The molecule has 0 bridgehead atoms. The Kier molecular flexibility index (Phi) is 3.60. The van der Waals surface area contributed by atoms with Gasteiger partial charge in [-0.25, -0.2) is 0 Å². The molecule has 16 heavy (non-hydrogen) atoms. The van der Waals surface area contributed by atoms with E-state index < -0.39 is 0 Å². The molecular weight excluding hydrogens is 194 g/mol. The molecular formula is C15H16N. The summed E-state index contributed by atoms with van der Waals surface area (Å²) in [6, 6.07) is 18.7. The van der Waals surface area contributed by atoms with E-state index in [9.17, 15) is 0 Å². The molecule has 2 rings (SSSR count). The Morgan fingerprint density at radius 3 is 2.31 bits per heavy atom. The van der Waals surface area contributed by atoms with Gasteiger partial charge in [-0.15, -0.1) is 0 Å². The van der Waals surface area contributed by atoms with Crippen molar-refractivity contribution in [2.75, 3.05) is 6.54 Å². The standard InChI is InChI=1S/C15H16N/c1-2-12-16-15-11-7-6-10-14(15)13-8-4-3-5-9-13/h3-11H,2,12H2,1H3. The van der Waals surface area contributed by atoms with Crippen molar-refractivity contribution in [3.05, 3.63) is 54.6 Å². The van der Waals surface area contributed by atoms with E-state index in [2.05, 4.69) is 54.7 Å². The quantitative estimate of drug-likeness (QED) is 0.724. The second-order valence-corrected chi connectivity index (χ2v) is 3.76. The first-order valence-corrected chi connectivity index (χ1v) is 5.73. The van der Waals surface area contributed by atoms with Crippen LogP contribution in [-0.2, 0) is 0 Å². The summed E-state index contributed by atoms with van der Waals surface area (Å²) >= 11 is 0. The van der Waals surface area contributed by atoms with Crippen LogP contribution in [0.2, 0.25) is 0 Å². The van der Waals surface area contributed by atoms with Crippen molar-refractivity contribution < 1.29 is 0 Å². The van der Waals surface area contributed by atoms with Crippen LogP contribution < -0.4 is 5.32 Å². The molecule has 2 aromatic rings. The van der Waals surface area contributed by atoms with Crippen LogP contribution >= 0.6 is 0 Å². The first-order chi connectivity index (χ1) is 7.92. The van der Waals surface area contributed by atoms with Gasteiger partial charge < -0.3 is 0 Å². The minimum atomic E-state index is 0.893. The lowest BCUT2D eigenvalue weighted by atomic mass is 10.0. The number of rotatable bonds is 4. The minimum Gasteiger partial charge on any atom is -0.285 e. The molecule has 0 aliphatic rings. The Balaban J connectivity index is 2.33. The highest BCUT2D eigenvalue weighted by molar-refractivity contribution is 5.75. The zero-order valence-corrected chi connectivity index (χ0v) is 9.56. The predicted molar refractivity (Wildman–Crippen MR) is 68.8 cm³/mol. The van der Waals surface area contributed by atoms with Gasteiger partial charge in [0.25, 0.3) is 0 Å². The molecule has 1 heteroatoms. The summed E-state index contributed by atoms with van der Waals surface area (Å²) in [5, 5.41) is 4.60. The molecule has 0 saturated carbocycles. The van der Waals surface area contributed by atoms with E-state index in [-0.39, 0.29) is 0 Å². The molecule has 0 aromatic heterocycles. The molecule has 0 fully saturated rings. The number of benzene rings is 2. The first kappa shape index (κ1) is 10.7. The van der Waals surface area contributed by atoms with Gasteiger partial charge in [0.05, 0.1) is 5.69 Å². The molecule has 0 saturated heterocycles. The van der Waals surface area contributed by atoms with Crippen molar-refractivity contribution in [1.29, 1.82) is 0 Å². The van der Waals surface area contributed by atoms with Crippen LogP contribution in [0.3, 0.4) is 0 Å². The highest BCUT2D eigenvalue weighted by Crippen LogP contribution is 2.27. The Hall–Kier alpha value is -1.76. The summed E-state index contributed by atoms with van der Waals surface area (Å²) in [5.41, 5.74) is 3.55. The van der Waals surface area contributed by atoms with Crippen molar-refractivity contribution in [3.63, 3.8) is 0 Å². The molecule has 1 nitrogen and oxygen atoms in total. The SMILES string of the molecule is CCC[N]c1ccccc1-c1ccccc1. The normalized spacial score (nSPS) is 10.1. The van der Waals surface area contributed by atoms with Crippen molar-refractivity contribution in [2.24, 2.45) is 0 Å². The molecule has 0 spiro atoms. The summed E-state index contributed by atoms with van der Waals surface area (Å²) in [6.45, 7) is 3.04. The number of hydrogen-bond acceptors (Lipinski definition) is 0. The zero-order chi connectivity index (χ0) is 11.2. The topological polar surface area (TPSA) is 14.1 Å². The Morgan fingerprint density at radius 1 is 0.875 bits per heavy atom.